The Balaban J connectivity index is 1.20. The molecule has 228 valence electrons. The van der Waals surface area contributed by atoms with E-state index in [-0.39, 0.29) is 28.5 Å². The number of aliphatic hydroxyl groups excluding tert-OH is 2. The zero-order valence-electron chi connectivity index (χ0n) is 22.4. The summed E-state index contributed by atoms with van der Waals surface area (Å²) in [6, 6.07) is 12.3. The van der Waals surface area contributed by atoms with E-state index in [0.29, 0.717) is 16.9 Å². The number of phenolic OH excluding ortho intramolecular Hbond substituents is 1. The average molecular weight is 625 g/mol. The summed E-state index contributed by atoms with van der Waals surface area (Å²) in [7, 11) is -4.70. The van der Waals surface area contributed by atoms with Crippen LogP contribution in [0.3, 0.4) is 0 Å². The number of phenols is 1. The molecule has 4 atom stereocenters. The number of imidazole rings is 1. The van der Waals surface area contributed by atoms with E-state index in [1.165, 1.54) is 39.8 Å². The molecule has 8 N–H and O–H groups in total. The number of benzene rings is 2. The minimum atomic E-state index is -4.70. The Morgan fingerprint density at radius 1 is 1.09 bits per heavy atom. The number of nitrogen functional groups attached to an aromatic ring is 2. The number of rotatable bonds is 8. The van der Waals surface area contributed by atoms with E-state index < -0.39 is 53.1 Å². The summed E-state index contributed by atoms with van der Waals surface area (Å²) in [5, 5.41) is 39.4. The van der Waals surface area contributed by atoms with Crippen LogP contribution in [0.4, 0.5) is 11.5 Å². The molecule has 2 aromatic carbocycles. The van der Waals surface area contributed by atoms with Crippen molar-refractivity contribution in [3.63, 3.8) is 0 Å². The van der Waals surface area contributed by atoms with Gasteiger partial charge in [-0.15, -0.1) is 5.10 Å². The third-order valence-electron chi connectivity index (χ3n) is 6.68. The molecule has 1 saturated heterocycles. The van der Waals surface area contributed by atoms with Crippen LogP contribution in [0.1, 0.15) is 16.6 Å². The number of nitrogens with one attached hydrogen (secondary N) is 1. The highest BCUT2D eigenvalue weighted by Crippen LogP contribution is 2.33. The monoisotopic (exact) mass is 624 g/mol. The highest BCUT2D eigenvalue weighted by Gasteiger charge is 2.45. The number of carbonyl (C=O) groups is 1. The van der Waals surface area contributed by atoms with Crippen LogP contribution in [0.25, 0.3) is 28.4 Å². The van der Waals surface area contributed by atoms with Crippen molar-refractivity contribution in [2.24, 2.45) is 0 Å². The summed E-state index contributed by atoms with van der Waals surface area (Å²) in [5.74, 6) is -1.59. The van der Waals surface area contributed by atoms with Crippen molar-refractivity contribution in [3.05, 3.63) is 66.6 Å². The van der Waals surface area contributed by atoms with Crippen molar-refractivity contribution < 1.29 is 37.5 Å². The van der Waals surface area contributed by atoms with Crippen molar-refractivity contribution in [1.29, 1.82) is 0 Å². The molecule has 19 heteroatoms. The molecule has 1 amide bonds. The average Bonchev–Trinajstić information content (AvgIpc) is 3.71. The Bertz CT molecular complexity index is 1980. The van der Waals surface area contributed by atoms with E-state index >= 15 is 0 Å². The van der Waals surface area contributed by atoms with Crippen LogP contribution in [0.15, 0.2) is 61.1 Å². The number of amides is 1. The van der Waals surface area contributed by atoms with Crippen molar-refractivity contribution in [3.8, 4) is 23.0 Å². The lowest BCUT2D eigenvalue weighted by Gasteiger charge is -2.16. The predicted octanol–water partition coefficient (Wildman–Crippen LogP) is -0.745. The Labute approximate surface area is 247 Å². The van der Waals surface area contributed by atoms with E-state index in [0.717, 1.165) is 0 Å². The second kappa shape index (κ2) is 11.1. The van der Waals surface area contributed by atoms with Crippen LogP contribution in [0.2, 0.25) is 0 Å². The van der Waals surface area contributed by atoms with Gasteiger partial charge in [0, 0.05) is 11.3 Å². The fraction of sp³-hybridized carbons (Fsp3) is 0.200. The van der Waals surface area contributed by atoms with Crippen LogP contribution in [0, 0.1) is 0 Å². The lowest BCUT2D eigenvalue weighted by molar-refractivity contribution is -0.0468. The van der Waals surface area contributed by atoms with Crippen molar-refractivity contribution >= 4 is 38.9 Å². The first-order valence-electron chi connectivity index (χ1n) is 12.8. The molecule has 0 aliphatic carbocycles. The molecule has 6 rings (SSSR count). The lowest BCUT2D eigenvalue weighted by atomic mass is 10.1. The number of fused-ring (bicyclic) bond motifs is 1. The summed E-state index contributed by atoms with van der Waals surface area (Å²) >= 11 is 0. The van der Waals surface area contributed by atoms with Crippen LogP contribution >= 0.6 is 0 Å². The summed E-state index contributed by atoms with van der Waals surface area (Å²) in [4.78, 5) is 25.1. The summed E-state index contributed by atoms with van der Waals surface area (Å²) in [5.41, 5.74) is 13.7. The van der Waals surface area contributed by atoms with Gasteiger partial charge >= 0.3 is 10.3 Å². The zero-order valence-corrected chi connectivity index (χ0v) is 23.2. The van der Waals surface area contributed by atoms with Crippen molar-refractivity contribution in [2.45, 2.75) is 24.5 Å². The van der Waals surface area contributed by atoms with Crippen LogP contribution in [-0.4, -0.2) is 89.1 Å². The van der Waals surface area contributed by atoms with Gasteiger partial charge in [-0.25, -0.2) is 9.71 Å². The Kier molecular flexibility index (Phi) is 7.31. The lowest BCUT2D eigenvalue weighted by Crippen LogP contribution is -2.37. The van der Waals surface area contributed by atoms with Gasteiger partial charge in [0.1, 0.15) is 35.3 Å². The number of nitrogens with zero attached hydrogens (tertiary/aromatic N) is 7. The molecular weight excluding hydrogens is 600 g/mol. The number of nitrogens with two attached hydrogens (primary N) is 2. The van der Waals surface area contributed by atoms with E-state index in [9.17, 15) is 28.5 Å². The van der Waals surface area contributed by atoms with Gasteiger partial charge in [0.15, 0.2) is 17.7 Å². The largest absolute Gasteiger partial charge is 0.507 e. The van der Waals surface area contributed by atoms with Crippen LogP contribution < -0.4 is 16.2 Å². The van der Waals surface area contributed by atoms with Gasteiger partial charge in [0.05, 0.1) is 24.7 Å². The Hall–Kier alpha value is -5.21. The van der Waals surface area contributed by atoms with Gasteiger partial charge in [0.2, 0.25) is 0 Å². The molecule has 0 bridgehead atoms. The van der Waals surface area contributed by atoms with Crippen LogP contribution in [0.5, 0.6) is 5.75 Å². The van der Waals surface area contributed by atoms with E-state index in [2.05, 4.69) is 25.3 Å². The van der Waals surface area contributed by atoms with Gasteiger partial charge in [-0.05, 0) is 24.3 Å². The summed E-state index contributed by atoms with van der Waals surface area (Å²) < 4.78 is 39.5. The van der Waals surface area contributed by atoms with Gasteiger partial charge < -0.3 is 31.5 Å². The SMILES string of the molecule is Nc1cccc(-c2cn(-c3nc(N)c4ncn([C@@H]5O[C@H](COS(=O)(=O)NC(=O)c6ccccc6O)[C@@H](O)[C@H]5O)c4n3)nn2)c1. The maximum absolute atomic E-state index is 12.4. The summed E-state index contributed by atoms with van der Waals surface area (Å²) in [6.45, 7) is -0.779. The molecule has 0 unspecified atom stereocenters. The first-order chi connectivity index (χ1) is 21.0. The quantitative estimate of drug-likeness (QED) is 0.116. The maximum Gasteiger partial charge on any atom is 0.362 e. The number of carbonyl (C=O) groups excluding carboxylic acids is 1. The molecule has 1 aliphatic heterocycles. The number of para-hydroxylation sites is 1. The number of aromatic nitrogens is 7. The Morgan fingerprint density at radius 3 is 2.66 bits per heavy atom. The molecule has 4 heterocycles. The number of hydrogen-bond acceptors (Lipinski definition) is 15. The minimum absolute atomic E-state index is 0.0126. The fourth-order valence-corrected chi connectivity index (χ4v) is 5.23. The second-order valence-electron chi connectivity index (χ2n) is 9.64. The standard InChI is InChI=1S/C25H24N10O8S/c26-13-5-3-4-12(8-13)15-9-35(33-31-15)25-29-21(27)18-22(30-25)34(11-28-18)24-20(38)19(37)17(43-24)10-42-44(40,41)32-23(39)14-6-1-2-7-16(14)36/h1-9,11,17,19-20,24,36-38H,10,26H2,(H,32,39)(H2,27,29,30)/t17-,19-,20-,24-/m1/s1. The number of hydrogen-bond donors (Lipinski definition) is 6. The van der Waals surface area contributed by atoms with Crippen molar-refractivity contribution in [1.82, 2.24) is 39.2 Å². The first-order valence-corrected chi connectivity index (χ1v) is 14.2. The maximum atomic E-state index is 12.4. The van der Waals surface area contributed by atoms with Crippen LogP contribution in [-0.2, 0) is 19.2 Å². The van der Waals surface area contributed by atoms with Gasteiger partial charge in [-0.1, -0.05) is 29.5 Å². The second-order valence-corrected chi connectivity index (χ2v) is 11.0. The minimum Gasteiger partial charge on any atom is -0.507 e. The number of aromatic hydroxyl groups is 1. The van der Waals surface area contributed by atoms with E-state index in [4.69, 9.17) is 20.4 Å². The predicted molar refractivity (Wildman–Crippen MR) is 151 cm³/mol. The van der Waals surface area contributed by atoms with Crippen molar-refractivity contribution in [2.75, 3.05) is 18.1 Å². The van der Waals surface area contributed by atoms with E-state index in [1.54, 1.807) is 35.2 Å². The number of anilines is 2. The molecule has 1 aliphatic rings. The number of aliphatic hydroxyl groups is 2. The fourth-order valence-electron chi connectivity index (χ4n) is 4.52. The molecule has 3 aromatic heterocycles. The topological polar surface area (TPSA) is 269 Å². The highest BCUT2D eigenvalue weighted by atomic mass is 32.2. The van der Waals surface area contributed by atoms with E-state index in [1.807, 2.05) is 0 Å². The first kappa shape index (κ1) is 28.9. The molecule has 1 fully saturated rings. The molecule has 18 nitrogen and oxygen atoms in total. The molecule has 0 radical (unpaired) electrons. The smallest absolute Gasteiger partial charge is 0.362 e. The third kappa shape index (κ3) is 5.47. The molecular formula is C25H24N10O8S. The molecule has 44 heavy (non-hydrogen) atoms. The highest BCUT2D eigenvalue weighted by molar-refractivity contribution is 7.85. The molecule has 0 saturated carbocycles. The number of ether oxygens (including phenoxy) is 1. The third-order valence-corrected chi connectivity index (χ3v) is 7.56. The summed E-state index contributed by atoms with van der Waals surface area (Å²) in [6.07, 6.45) is -3.04. The molecule has 0 spiro atoms. The van der Waals surface area contributed by atoms with Gasteiger partial charge in [0.25, 0.3) is 11.9 Å². The van der Waals surface area contributed by atoms with Gasteiger partial charge in [-0.3, -0.25) is 13.5 Å². The van der Waals surface area contributed by atoms with Gasteiger partial charge in [-0.2, -0.15) is 23.1 Å². The molecule has 5 aromatic rings. The zero-order chi connectivity index (χ0) is 31.2. The Morgan fingerprint density at radius 2 is 1.89 bits per heavy atom. The normalized spacial score (nSPS) is 20.2.